The average Bonchev–Trinajstić information content (AvgIpc) is 2.93. The lowest BCUT2D eigenvalue weighted by Crippen LogP contribution is -2.56. The summed E-state index contributed by atoms with van der Waals surface area (Å²) in [6, 6.07) is 14.6. The molecule has 2 N–H and O–H groups in total. The number of hydrogen-bond donors (Lipinski definition) is 2. The van der Waals surface area contributed by atoms with Gasteiger partial charge in [-0.2, -0.15) is 0 Å². The van der Waals surface area contributed by atoms with Crippen LogP contribution in [0, 0.1) is 0 Å². The SMILES string of the molecule is CCOC(=O)N1CCN(C(=O)C(Cc2ccccc2O)NC(=O)c2cc(OC)c3ccccc3n2)CC1. The Kier molecular flexibility index (Phi) is 8.07. The predicted octanol–water partition coefficient (Wildman–Crippen LogP) is 2.59. The van der Waals surface area contributed by atoms with Crippen molar-refractivity contribution in [3.8, 4) is 11.5 Å². The van der Waals surface area contributed by atoms with Gasteiger partial charge in [0, 0.05) is 44.1 Å². The van der Waals surface area contributed by atoms with E-state index in [0.29, 0.717) is 43.0 Å². The smallest absolute Gasteiger partial charge is 0.409 e. The highest BCUT2D eigenvalue weighted by Gasteiger charge is 2.31. The van der Waals surface area contributed by atoms with Crippen molar-refractivity contribution in [3.63, 3.8) is 0 Å². The number of nitrogens with zero attached hydrogens (tertiary/aromatic N) is 3. The van der Waals surface area contributed by atoms with E-state index in [0.717, 1.165) is 5.39 Å². The van der Waals surface area contributed by atoms with Gasteiger partial charge in [0.15, 0.2) is 0 Å². The van der Waals surface area contributed by atoms with Crippen LogP contribution in [0.4, 0.5) is 4.79 Å². The lowest BCUT2D eigenvalue weighted by atomic mass is 10.0. The number of methoxy groups -OCH3 is 1. The number of phenols is 1. The van der Waals surface area contributed by atoms with Crippen LogP contribution >= 0.6 is 0 Å². The van der Waals surface area contributed by atoms with Crippen LogP contribution in [-0.2, 0) is 16.0 Å². The fourth-order valence-corrected chi connectivity index (χ4v) is 4.31. The maximum absolute atomic E-state index is 13.6. The van der Waals surface area contributed by atoms with Gasteiger partial charge in [0.1, 0.15) is 23.2 Å². The molecule has 0 radical (unpaired) electrons. The van der Waals surface area contributed by atoms with Crippen molar-refractivity contribution >= 4 is 28.8 Å². The third-order valence-corrected chi connectivity index (χ3v) is 6.27. The van der Waals surface area contributed by atoms with E-state index in [1.807, 2.05) is 18.2 Å². The Balaban J connectivity index is 1.56. The van der Waals surface area contributed by atoms with E-state index in [4.69, 9.17) is 9.47 Å². The van der Waals surface area contributed by atoms with Crippen LogP contribution in [0.15, 0.2) is 54.6 Å². The first-order valence-electron chi connectivity index (χ1n) is 12.1. The summed E-state index contributed by atoms with van der Waals surface area (Å²) >= 11 is 0. The largest absolute Gasteiger partial charge is 0.508 e. The molecule has 0 spiro atoms. The number of para-hydroxylation sites is 2. The normalized spacial score (nSPS) is 14.2. The number of pyridine rings is 1. The first-order valence-corrected chi connectivity index (χ1v) is 12.1. The number of ether oxygens (including phenoxy) is 2. The summed E-state index contributed by atoms with van der Waals surface area (Å²) in [7, 11) is 1.52. The van der Waals surface area contributed by atoms with Crippen LogP contribution in [0.25, 0.3) is 10.9 Å². The van der Waals surface area contributed by atoms with Crippen LogP contribution in [0.1, 0.15) is 23.0 Å². The van der Waals surface area contributed by atoms with E-state index in [1.165, 1.54) is 19.2 Å². The van der Waals surface area contributed by atoms with Crippen LogP contribution in [0.5, 0.6) is 11.5 Å². The topological polar surface area (TPSA) is 121 Å². The zero-order valence-electron chi connectivity index (χ0n) is 20.8. The average molecular weight is 507 g/mol. The van der Waals surface area contributed by atoms with Gasteiger partial charge in [-0.05, 0) is 30.7 Å². The number of phenolic OH excluding ortho intramolecular Hbond substituents is 1. The number of nitrogens with one attached hydrogen (secondary N) is 1. The number of carbonyl (C=O) groups is 3. The van der Waals surface area contributed by atoms with Crippen LogP contribution < -0.4 is 10.1 Å². The van der Waals surface area contributed by atoms with Gasteiger partial charge in [-0.15, -0.1) is 0 Å². The molecule has 3 aromatic rings. The number of amides is 3. The third-order valence-electron chi connectivity index (χ3n) is 6.27. The summed E-state index contributed by atoms with van der Waals surface area (Å²) in [5, 5.41) is 13.9. The number of hydrogen-bond acceptors (Lipinski definition) is 7. The highest BCUT2D eigenvalue weighted by molar-refractivity contribution is 5.99. The molecule has 2 aromatic carbocycles. The molecule has 10 nitrogen and oxygen atoms in total. The Bertz CT molecular complexity index is 1290. The molecule has 4 rings (SSSR count). The number of benzene rings is 2. The Morgan fingerprint density at radius 3 is 2.41 bits per heavy atom. The molecule has 1 atom stereocenters. The molecule has 0 bridgehead atoms. The van der Waals surface area contributed by atoms with Crippen LogP contribution in [0.2, 0.25) is 0 Å². The summed E-state index contributed by atoms with van der Waals surface area (Å²) in [6.45, 7) is 3.26. The monoisotopic (exact) mass is 506 g/mol. The minimum absolute atomic E-state index is 0.0344. The minimum atomic E-state index is -0.964. The molecule has 37 heavy (non-hydrogen) atoms. The molecule has 1 aromatic heterocycles. The predicted molar refractivity (Wildman–Crippen MR) is 137 cm³/mol. The van der Waals surface area contributed by atoms with Crippen molar-refractivity contribution in [2.75, 3.05) is 39.9 Å². The van der Waals surface area contributed by atoms with Crippen molar-refractivity contribution in [1.29, 1.82) is 0 Å². The van der Waals surface area contributed by atoms with Gasteiger partial charge >= 0.3 is 6.09 Å². The molecule has 1 unspecified atom stereocenters. The highest BCUT2D eigenvalue weighted by Crippen LogP contribution is 2.25. The second kappa shape index (κ2) is 11.6. The molecule has 1 aliphatic heterocycles. The molecule has 1 aliphatic rings. The zero-order chi connectivity index (χ0) is 26.4. The molecule has 2 heterocycles. The maximum Gasteiger partial charge on any atom is 0.409 e. The summed E-state index contributed by atoms with van der Waals surface area (Å²) in [5.74, 6) is -0.322. The van der Waals surface area contributed by atoms with Gasteiger partial charge in [0.05, 0.1) is 19.2 Å². The fraction of sp³-hybridized carbons (Fsp3) is 0.333. The molecule has 3 amide bonds. The van der Waals surface area contributed by atoms with Gasteiger partial charge in [-0.25, -0.2) is 9.78 Å². The van der Waals surface area contributed by atoms with Crippen molar-refractivity contribution in [3.05, 3.63) is 65.9 Å². The standard InChI is InChI=1S/C27H30N4O6/c1-3-37-27(35)31-14-12-30(13-15-31)26(34)22(16-18-8-4-7-11-23(18)32)29-25(33)21-17-24(36-2)19-9-5-6-10-20(19)28-21/h4-11,17,22,32H,3,12-16H2,1-2H3,(H,29,33). The van der Waals surface area contributed by atoms with Gasteiger partial charge in [-0.1, -0.05) is 30.3 Å². The molecular formula is C27H30N4O6. The molecule has 10 heteroatoms. The molecule has 0 saturated carbocycles. The molecule has 0 aliphatic carbocycles. The quantitative estimate of drug-likeness (QED) is 0.505. The van der Waals surface area contributed by atoms with E-state index < -0.39 is 18.0 Å². The Morgan fingerprint density at radius 1 is 1.03 bits per heavy atom. The number of carbonyl (C=O) groups excluding carboxylic acids is 3. The number of rotatable bonds is 7. The number of fused-ring (bicyclic) bond motifs is 1. The number of piperazine rings is 1. The van der Waals surface area contributed by atoms with E-state index in [1.54, 1.807) is 41.0 Å². The maximum atomic E-state index is 13.6. The van der Waals surface area contributed by atoms with Crippen molar-refractivity contribution < 1.29 is 29.0 Å². The first-order chi connectivity index (χ1) is 17.9. The van der Waals surface area contributed by atoms with E-state index in [-0.39, 0.29) is 30.4 Å². The molecule has 194 valence electrons. The van der Waals surface area contributed by atoms with Gasteiger partial charge in [0.2, 0.25) is 5.91 Å². The second-order valence-electron chi connectivity index (χ2n) is 8.60. The summed E-state index contributed by atoms with van der Waals surface area (Å²) in [6.07, 6.45) is -0.329. The zero-order valence-corrected chi connectivity index (χ0v) is 20.8. The Labute approximate surface area is 214 Å². The van der Waals surface area contributed by atoms with Crippen molar-refractivity contribution in [2.24, 2.45) is 0 Å². The summed E-state index contributed by atoms with van der Waals surface area (Å²) in [4.78, 5) is 46.5. The van der Waals surface area contributed by atoms with E-state index >= 15 is 0 Å². The highest BCUT2D eigenvalue weighted by atomic mass is 16.6. The van der Waals surface area contributed by atoms with Gasteiger partial charge < -0.3 is 29.7 Å². The van der Waals surface area contributed by atoms with Crippen LogP contribution in [-0.4, -0.2) is 83.7 Å². The summed E-state index contributed by atoms with van der Waals surface area (Å²) < 4.78 is 10.5. The molecular weight excluding hydrogens is 476 g/mol. The van der Waals surface area contributed by atoms with Gasteiger partial charge in [0.25, 0.3) is 5.91 Å². The lowest BCUT2D eigenvalue weighted by molar-refractivity contribution is -0.134. The Hall–Kier alpha value is -4.34. The second-order valence-corrected chi connectivity index (χ2v) is 8.60. The molecule has 1 fully saturated rings. The third kappa shape index (κ3) is 5.91. The number of aromatic hydroxyl groups is 1. The van der Waals surface area contributed by atoms with Gasteiger partial charge in [-0.3, -0.25) is 9.59 Å². The van der Waals surface area contributed by atoms with E-state index in [2.05, 4.69) is 10.3 Å². The first kappa shape index (κ1) is 25.7. The lowest BCUT2D eigenvalue weighted by Gasteiger charge is -2.36. The van der Waals surface area contributed by atoms with Crippen molar-refractivity contribution in [1.82, 2.24) is 20.1 Å². The summed E-state index contributed by atoms with van der Waals surface area (Å²) in [5.41, 5.74) is 1.22. The van der Waals surface area contributed by atoms with Crippen molar-refractivity contribution in [2.45, 2.75) is 19.4 Å². The van der Waals surface area contributed by atoms with E-state index in [9.17, 15) is 19.5 Å². The number of aromatic nitrogens is 1. The minimum Gasteiger partial charge on any atom is -0.508 e. The molecule has 1 saturated heterocycles. The fourth-order valence-electron chi connectivity index (χ4n) is 4.31. The van der Waals surface area contributed by atoms with Crippen LogP contribution in [0.3, 0.4) is 0 Å². The Morgan fingerprint density at radius 2 is 1.70 bits per heavy atom.